The summed E-state index contributed by atoms with van der Waals surface area (Å²) in [6, 6.07) is 12.3. The lowest BCUT2D eigenvalue weighted by Crippen LogP contribution is -2.41. The molecule has 2 aliphatic heterocycles. The van der Waals surface area contributed by atoms with Crippen LogP contribution >= 0.6 is 11.8 Å². The highest BCUT2D eigenvalue weighted by molar-refractivity contribution is 7.99. The molecule has 1 atom stereocenters. The van der Waals surface area contributed by atoms with Gasteiger partial charge in [-0.15, -0.1) is 11.8 Å². The van der Waals surface area contributed by atoms with Crippen molar-refractivity contribution >= 4 is 33.4 Å². The molecule has 29 heavy (non-hydrogen) atoms. The second kappa shape index (κ2) is 7.89. The van der Waals surface area contributed by atoms with E-state index in [9.17, 15) is 13.2 Å². The van der Waals surface area contributed by atoms with E-state index in [4.69, 9.17) is 9.47 Å². The van der Waals surface area contributed by atoms with E-state index in [0.717, 1.165) is 10.6 Å². The molecular formula is C20H22N2O5S2. The van der Waals surface area contributed by atoms with E-state index in [2.05, 4.69) is 0 Å². The molecule has 0 aliphatic carbocycles. The SMILES string of the molecule is CC(=O)N1CCSc2ccc(S(=O)(=O)N(C)CC3COc4ccccc4O3)cc21. The maximum Gasteiger partial charge on any atom is 0.243 e. The summed E-state index contributed by atoms with van der Waals surface area (Å²) in [6.07, 6.45) is -0.411. The molecule has 2 aromatic rings. The van der Waals surface area contributed by atoms with Gasteiger partial charge >= 0.3 is 0 Å². The Morgan fingerprint density at radius 1 is 1.24 bits per heavy atom. The van der Waals surface area contributed by atoms with E-state index in [1.165, 1.54) is 18.3 Å². The Hall–Kier alpha value is -2.23. The number of fused-ring (bicyclic) bond motifs is 2. The Morgan fingerprint density at radius 3 is 2.76 bits per heavy atom. The fourth-order valence-electron chi connectivity index (χ4n) is 3.40. The van der Waals surface area contributed by atoms with Gasteiger partial charge in [-0.2, -0.15) is 4.31 Å². The van der Waals surface area contributed by atoms with Gasteiger partial charge in [-0.05, 0) is 30.3 Å². The Balaban J connectivity index is 1.54. The number of anilines is 1. The van der Waals surface area contributed by atoms with Crippen molar-refractivity contribution in [3.8, 4) is 11.5 Å². The Bertz CT molecular complexity index is 1040. The van der Waals surface area contributed by atoms with Gasteiger partial charge < -0.3 is 14.4 Å². The number of amides is 1. The van der Waals surface area contributed by atoms with E-state index < -0.39 is 16.1 Å². The third-order valence-electron chi connectivity index (χ3n) is 4.91. The highest BCUT2D eigenvalue weighted by atomic mass is 32.2. The molecule has 0 aromatic heterocycles. The van der Waals surface area contributed by atoms with Gasteiger partial charge in [0.25, 0.3) is 0 Å². The minimum absolute atomic E-state index is 0.0964. The Morgan fingerprint density at radius 2 is 2.00 bits per heavy atom. The summed E-state index contributed by atoms with van der Waals surface area (Å²) in [5.41, 5.74) is 0.648. The number of hydrogen-bond donors (Lipinski definition) is 0. The monoisotopic (exact) mass is 434 g/mol. The zero-order chi connectivity index (χ0) is 20.6. The van der Waals surface area contributed by atoms with Crippen molar-refractivity contribution in [3.63, 3.8) is 0 Å². The number of nitrogens with zero attached hydrogens (tertiary/aromatic N) is 2. The van der Waals surface area contributed by atoms with Crippen LogP contribution in [0.1, 0.15) is 6.92 Å². The van der Waals surface area contributed by atoms with Crippen LogP contribution < -0.4 is 14.4 Å². The van der Waals surface area contributed by atoms with Crippen molar-refractivity contribution in [3.05, 3.63) is 42.5 Å². The van der Waals surface area contributed by atoms with Crippen LogP contribution in [0.2, 0.25) is 0 Å². The molecule has 0 fully saturated rings. The van der Waals surface area contributed by atoms with E-state index in [1.807, 2.05) is 18.2 Å². The summed E-state index contributed by atoms with van der Waals surface area (Å²) in [4.78, 5) is 14.6. The minimum atomic E-state index is -3.75. The molecule has 2 aliphatic rings. The van der Waals surface area contributed by atoms with Crippen molar-refractivity contribution in [2.75, 3.05) is 37.4 Å². The largest absolute Gasteiger partial charge is 0.486 e. The predicted octanol–water partition coefficient (Wildman–Crippen LogP) is 2.61. The Kier molecular flexibility index (Phi) is 5.46. The van der Waals surface area contributed by atoms with Crippen molar-refractivity contribution in [1.29, 1.82) is 0 Å². The molecule has 154 valence electrons. The first kappa shape index (κ1) is 20.1. The van der Waals surface area contributed by atoms with E-state index >= 15 is 0 Å². The van der Waals surface area contributed by atoms with Crippen molar-refractivity contribution in [1.82, 2.24) is 4.31 Å². The maximum absolute atomic E-state index is 13.1. The number of hydrogen-bond acceptors (Lipinski definition) is 6. The van der Waals surface area contributed by atoms with Gasteiger partial charge in [-0.25, -0.2) is 8.42 Å². The number of ether oxygens (including phenoxy) is 2. The first-order valence-electron chi connectivity index (χ1n) is 9.26. The molecule has 0 saturated carbocycles. The predicted molar refractivity (Wildman–Crippen MR) is 111 cm³/mol. The average molecular weight is 435 g/mol. The van der Waals surface area contributed by atoms with Gasteiger partial charge in [0.1, 0.15) is 12.7 Å². The molecule has 4 rings (SSSR count). The minimum Gasteiger partial charge on any atom is -0.486 e. The van der Waals surface area contributed by atoms with Gasteiger partial charge in [0.05, 0.1) is 17.1 Å². The number of benzene rings is 2. The molecule has 1 amide bonds. The summed E-state index contributed by atoms with van der Waals surface area (Å²) in [7, 11) is -2.22. The summed E-state index contributed by atoms with van der Waals surface area (Å²) in [6.45, 7) is 2.49. The van der Waals surface area contributed by atoms with Gasteiger partial charge in [0.2, 0.25) is 15.9 Å². The standard InChI is InChI=1S/C20H22N2O5S2/c1-14(23)22-9-10-28-20-8-7-16(11-17(20)22)29(24,25)21(2)12-15-13-26-18-5-3-4-6-19(18)27-15/h3-8,11,15H,9-10,12-13H2,1-2H3. The number of para-hydroxylation sites is 2. The number of sulfonamides is 1. The molecule has 2 heterocycles. The summed E-state index contributed by atoms with van der Waals surface area (Å²) in [5.74, 6) is 1.96. The molecule has 0 bridgehead atoms. The molecule has 1 unspecified atom stereocenters. The highest BCUT2D eigenvalue weighted by Gasteiger charge is 2.30. The second-order valence-electron chi connectivity index (χ2n) is 6.93. The summed E-state index contributed by atoms with van der Waals surface area (Å²) < 4.78 is 39.1. The molecule has 0 spiro atoms. The fraction of sp³-hybridized carbons (Fsp3) is 0.350. The second-order valence-corrected chi connectivity index (χ2v) is 10.1. The molecule has 0 saturated heterocycles. The number of carbonyl (C=O) groups excluding carboxylic acids is 1. The normalized spacial score (nSPS) is 18.4. The van der Waals surface area contributed by atoms with Gasteiger partial charge in [-0.3, -0.25) is 4.79 Å². The topological polar surface area (TPSA) is 76.2 Å². The molecule has 0 N–H and O–H groups in total. The average Bonchev–Trinajstić information content (AvgIpc) is 2.72. The number of rotatable bonds is 4. The first-order chi connectivity index (χ1) is 13.9. The van der Waals surface area contributed by atoms with Crippen molar-refractivity contribution < 1.29 is 22.7 Å². The zero-order valence-corrected chi connectivity index (χ0v) is 17.8. The lowest BCUT2D eigenvalue weighted by atomic mass is 10.2. The smallest absolute Gasteiger partial charge is 0.243 e. The number of thioether (sulfide) groups is 1. The van der Waals surface area contributed by atoms with E-state index in [0.29, 0.717) is 23.7 Å². The molecule has 0 radical (unpaired) electrons. The number of carbonyl (C=O) groups is 1. The van der Waals surface area contributed by atoms with Crippen LogP contribution in [-0.4, -0.2) is 57.2 Å². The van der Waals surface area contributed by atoms with Gasteiger partial charge in [0, 0.05) is 31.2 Å². The number of likely N-dealkylation sites (N-methyl/N-ethyl adjacent to an activating group) is 1. The summed E-state index contributed by atoms with van der Waals surface area (Å²) in [5, 5.41) is 0. The van der Waals surface area contributed by atoms with Crippen LogP contribution in [0.25, 0.3) is 0 Å². The highest BCUT2D eigenvalue weighted by Crippen LogP contribution is 2.37. The van der Waals surface area contributed by atoms with Crippen LogP contribution in [0.4, 0.5) is 5.69 Å². The van der Waals surface area contributed by atoms with Crippen molar-refractivity contribution in [2.45, 2.75) is 22.8 Å². The molecular weight excluding hydrogens is 412 g/mol. The molecule has 2 aromatic carbocycles. The van der Waals surface area contributed by atoms with E-state index in [1.54, 1.807) is 40.9 Å². The fourth-order valence-corrected chi connectivity index (χ4v) is 5.60. The van der Waals surface area contributed by atoms with Crippen LogP contribution in [0.15, 0.2) is 52.3 Å². The lowest BCUT2D eigenvalue weighted by Gasteiger charge is -2.30. The quantitative estimate of drug-likeness (QED) is 0.736. The first-order valence-corrected chi connectivity index (χ1v) is 11.7. The third kappa shape index (κ3) is 3.94. The zero-order valence-electron chi connectivity index (χ0n) is 16.2. The third-order valence-corrected chi connectivity index (χ3v) is 7.77. The van der Waals surface area contributed by atoms with Crippen LogP contribution in [0.3, 0.4) is 0 Å². The summed E-state index contributed by atoms with van der Waals surface area (Å²) >= 11 is 1.62. The van der Waals surface area contributed by atoms with Crippen LogP contribution in [0.5, 0.6) is 11.5 Å². The van der Waals surface area contributed by atoms with Crippen LogP contribution in [-0.2, 0) is 14.8 Å². The maximum atomic E-state index is 13.1. The van der Waals surface area contributed by atoms with Gasteiger partial charge in [-0.1, -0.05) is 12.1 Å². The Labute approximate surface area is 174 Å². The molecule has 9 heteroatoms. The van der Waals surface area contributed by atoms with Gasteiger partial charge in [0.15, 0.2) is 11.5 Å². The van der Waals surface area contributed by atoms with E-state index in [-0.39, 0.29) is 24.0 Å². The van der Waals surface area contributed by atoms with Crippen molar-refractivity contribution in [2.24, 2.45) is 0 Å². The lowest BCUT2D eigenvalue weighted by molar-refractivity contribution is -0.116. The molecule has 7 nitrogen and oxygen atoms in total. The van der Waals surface area contributed by atoms with Crippen LogP contribution in [0, 0.1) is 0 Å².